The third-order valence-electron chi connectivity index (χ3n) is 17.3. The fraction of sp³-hybridized carbons (Fsp3) is 0.452. The van der Waals surface area contributed by atoms with Crippen LogP contribution in [0.3, 0.4) is 0 Å². The van der Waals surface area contributed by atoms with Crippen molar-refractivity contribution in [2.75, 3.05) is 118 Å². The van der Waals surface area contributed by atoms with E-state index in [1.807, 2.05) is 61.5 Å². The summed E-state index contributed by atoms with van der Waals surface area (Å²) < 4.78 is 24.8. The zero-order valence-corrected chi connectivity index (χ0v) is 60.0. The number of aryl methyl sites for hydroxylation is 2. The highest BCUT2D eigenvalue weighted by atomic mass is 35.5. The molecule has 0 aliphatic carbocycles. The van der Waals surface area contributed by atoms with Gasteiger partial charge in [-0.25, -0.2) is 0 Å². The second-order valence-electron chi connectivity index (χ2n) is 24.5. The Bertz CT molecular complexity index is 3670. The summed E-state index contributed by atoms with van der Waals surface area (Å²) >= 11 is 33.0. The number of aliphatic imine (C=N–C) groups is 1. The maximum Gasteiger partial charge on any atom is 0.240 e. The third-order valence-corrected chi connectivity index (χ3v) is 20.2. The minimum atomic E-state index is -0.649. The Labute approximate surface area is 598 Å². The summed E-state index contributed by atoms with van der Waals surface area (Å²) in [6.07, 6.45) is 9.19. The third kappa shape index (κ3) is 22.8. The number of ketones is 3. The van der Waals surface area contributed by atoms with E-state index in [1.165, 1.54) is 4.88 Å². The predicted molar refractivity (Wildman–Crippen MR) is 386 cm³/mol. The van der Waals surface area contributed by atoms with Crippen LogP contribution < -0.4 is 10.6 Å². The van der Waals surface area contributed by atoms with E-state index in [9.17, 15) is 24.0 Å². The van der Waals surface area contributed by atoms with Gasteiger partial charge in [0, 0.05) is 123 Å². The molecule has 2 atom stereocenters. The van der Waals surface area contributed by atoms with Gasteiger partial charge in [0.1, 0.15) is 28.4 Å². The van der Waals surface area contributed by atoms with E-state index in [1.54, 1.807) is 64.8 Å². The number of carbonyl (C=O) groups is 5. The Morgan fingerprint density at radius 3 is 1.87 bits per heavy atom. The van der Waals surface area contributed by atoms with Crippen molar-refractivity contribution in [1.82, 2.24) is 40.1 Å². The van der Waals surface area contributed by atoms with Crippen molar-refractivity contribution in [2.45, 2.75) is 97.1 Å². The molecule has 0 bridgehead atoms. The molecule has 9 rings (SSSR count). The average molecular weight is 1440 g/mol. The van der Waals surface area contributed by atoms with Crippen LogP contribution in [0.2, 0.25) is 25.1 Å². The van der Waals surface area contributed by atoms with E-state index < -0.39 is 12.1 Å². The van der Waals surface area contributed by atoms with Crippen molar-refractivity contribution in [3.63, 3.8) is 0 Å². The van der Waals surface area contributed by atoms with Gasteiger partial charge in [-0.15, -0.1) is 21.5 Å². The fourth-order valence-corrected chi connectivity index (χ4v) is 13.9. The predicted octanol–water partition coefficient (Wildman–Crippen LogP) is 12.6. The maximum atomic E-state index is 14.5. The SMILES string of the molecule is Cc1sc2c(c1C)C(c1ccc(Cl)cc1)=N[C@@H](CC(=O)CCCN1CCN(CCCCC(=O)CCCOCCOCCOCCC(=O)NCCOCCN[C@@H](Cc3ccccc3)C(=O)N3C/C(=C\c4ccc(Cl)c(Cl)c4)C(=O)/C(=C/c4ccc(Cl)c(Cl)c4)C3)CC1)c1nnc(C)n1-2. The first-order valence-electron chi connectivity index (χ1n) is 33.3. The fourth-order valence-electron chi connectivity index (χ4n) is 11.9. The summed E-state index contributed by atoms with van der Waals surface area (Å²) in [7, 11) is 0. The number of likely N-dealkylation sites (tertiary alicyclic amines) is 1. The van der Waals surface area contributed by atoms with Gasteiger partial charge in [0.15, 0.2) is 11.6 Å². The molecule has 4 aromatic carbocycles. The van der Waals surface area contributed by atoms with Crippen molar-refractivity contribution in [1.29, 1.82) is 0 Å². The molecule has 18 nitrogen and oxygen atoms in total. The van der Waals surface area contributed by atoms with Crippen molar-refractivity contribution in [3.8, 4) is 5.00 Å². The molecule has 24 heteroatoms. The van der Waals surface area contributed by atoms with Crippen LogP contribution in [0.25, 0.3) is 17.2 Å². The van der Waals surface area contributed by atoms with E-state index >= 15 is 0 Å². The van der Waals surface area contributed by atoms with Gasteiger partial charge in [0.2, 0.25) is 11.8 Å². The van der Waals surface area contributed by atoms with E-state index in [2.05, 4.69) is 49.0 Å². The molecule has 2 amide bonds. The van der Waals surface area contributed by atoms with Crippen LogP contribution in [0.5, 0.6) is 0 Å². The molecule has 2 N–H and O–H groups in total. The Hall–Kier alpha value is -6.01. The molecule has 2 fully saturated rings. The van der Waals surface area contributed by atoms with E-state index in [0.29, 0.717) is 131 Å². The lowest BCUT2D eigenvalue weighted by molar-refractivity contribution is -0.133. The summed E-state index contributed by atoms with van der Waals surface area (Å²) in [4.78, 5) is 80.4. The van der Waals surface area contributed by atoms with Gasteiger partial charge in [0.05, 0.1) is 78.1 Å². The summed E-state index contributed by atoms with van der Waals surface area (Å²) in [6.45, 7) is 15.6. The van der Waals surface area contributed by atoms with Gasteiger partial charge in [-0.1, -0.05) is 113 Å². The largest absolute Gasteiger partial charge is 0.379 e. The number of piperazine rings is 1. The number of carbonyl (C=O) groups excluding carboxylic acids is 5. The highest BCUT2D eigenvalue weighted by Gasteiger charge is 2.35. The Morgan fingerprint density at radius 2 is 1.22 bits per heavy atom. The molecular weight excluding hydrogens is 1360 g/mol. The van der Waals surface area contributed by atoms with E-state index in [-0.39, 0.29) is 74.9 Å². The number of hydrogen-bond acceptors (Lipinski definition) is 16. The van der Waals surface area contributed by atoms with Gasteiger partial charge in [-0.05, 0) is 137 Å². The number of nitrogens with one attached hydrogen (secondary N) is 2. The first kappa shape index (κ1) is 75.2. The van der Waals surface area contributed by atoms with Crippen LogP contribution in [-0.4, -0.2) is 189 Å². The lowest BCUT2D eigenvalue weighted by Gasteiger charge is -2.34. The molecule has 97 heavy (non-hydrogen) atoms. The zero-order chi connectivity index (χ0) is 68.6. The molecule has 0 radical (unpaired) electrons. The van der Waals surface area contributed by atoms with Gasteiger partial charge in [-0.2, -0.15) is 0 Å². The smallest absolute Gasteiger partial charge is 0.240 e. The number of rotatable bonds is 37. The van der Waals surface area contributed by atoms with E-state index in [0.717, 1.165) is 97.3 Å². The van der Waals surface area contributed by atoms with Crippen LogP contribution >= 0.6 is 69.3 Å². The Morgan fingerprint density at radius 1 is 0.629 bits per heavy atom. The minimum absolute atomic E-state index is 0.0710. The number of ether oxygens (including phenoxy) is 4. The van der Waals surface area contributed by atoms with Crippen LogP contribution in [0, 0.1) is 20.8 Å². The monoisotopic (exact) mass is 1440 g/mol. The topological polar surface area (TPSA) is 199 Å². The minimum Gasteiger partial charge on any atom is -0.379 e. The van der Waals surface area contributed by atoms with Crippen molar-refractivity contribution < 1.29 is 42.9 Å². The number of piperidine rings is 1. The standard InChI is InChI=1S/C73H86Cl5N9O9S/c1-49-50(2)97-73-68(49)69(55-18-20-58(74)21-19-55)81-65(71-83-82-51(3)87(71)73)46-60(89)14-9-28-85-31-29-84(30-32-85)27-8-7-13-59(88)15-10-33-93-37-39-96-40-38-94-34-24-67(90)80-26-36-95-35-25-79-66(45-52-11-5-4-6-12-52)72(92)86-47-56(41-53-16-22-61(75)63(77)43-53)70(91)57(48-86)42-54-17-23-62(76)64(78)44-54/h4-6,11-12,16-23,41-44,65-66,79H,7-10,13-15,24-40,45-48H2,1-3H3,(H,80,90)/b56-41+,57-42+/t65-,66-/m0/s1. The quantitative estimate of drug-likeness (QED) is 0.0276. The van der Waals surface area contributed by atoms with Crippen molar-refractivity contribution in [2.24, 2.45) is 4.99 Å². The number of thiophene rings is 1. The Kier molecular flexibility index (Phi) is 29.9. The molecule has 5 heterocycles. The molecule has 0 unspecified atom stereocenters. The number of fused-ring (bicyclic) bond motifs is 3. The van der Waals surface area contributed by atoms with Crippen molar-refractivity contribution >= 4 is 116 Å². The molecule has 6 aromatic rings. The molecular formula is C73H86Cl5N9O9S. The number of nitrogens with zero attached hydrogens (tertiary/aromatic N) is 7. The Balaban J connectivity index is 0.566. The number of Topliss-reactive ketones (excluding diaryl/α,β-unsaturated/α-hetero) is 3. The van der Waals surface area contributed by atoms with E-state index in [4.69, 9.17) is 81.9 Å². The lowest BCUT2D eigenvalue weighted by Crippen LogP contribution is -2.52. The van der Waals surface area contributed by atoms with Gasteiger partial charge >= 0.3 is 0 Å². The molecule has 0 spiro atoms. The average Bonchev–Trinajstić information content (AvgIpc) is 1.60. The van der Waals surface area contributed by atoms with Gasteiger partial charge in [0.25, 0.3) is 0 Å². The molecule has 0 saturated carbocycles. The van der Waals surface area contributed by atoms with Crippen molar-refractivity contribution in [3.05, 3.63) is 177 Å². The number of unbranched alkanes of at least 4 members (excludes halogenated alkanes) is 1. The molecule has 518 valence electrons. The number of aromatic nitrogens is 3. The molecule has 2 aromatic heterocycles. The van der Waals surface area contributed by atoms with Crippen LogP contribution in [0.15, 0.2) is 107 Å². The second kappa shape index (κ2) is 38.5. The number of hydrogen-bond donors (Lipinski definition) is 2. The number of amides is 2. The van der Waals surface area contributed by atoms with Crippen LogP contribution in [0.4, 0.5) is 0 Å². The maximum absolute atomic E-state index is 14.5. The summed E-state index contributed by atoms with van der Waals surface area (Å²) in [5, 5.41) is 18.4. The van der Waals surface area contributed by atoms with Crippen LogP contribution in [0.1, 0.15) is 114 Å². The molecule has 3 aliphatic heterocycles. The molecule has 3 aliphatic rings. The highest BCUT2D eigenvalue weighted by molar-refractivity contribution is 7.15. The second-order valence-corrected chi connectivity index (χ2v) is 27.8. The lowest BCUT2D eigenvalue weighted by atomic mass is 9.93. The zero-order valence-electron chi connectivity index (χ0n) is 55.4. The first-order valence-corrected chi connectivity index (χ1v) is 36.0. The number of halogens is 5. The normalized spacial score (nSPS) is 16.3. The summed E-state index contributed by atoms with van der Waals surface area (Å²) in [5.74, 6) is 1.35. The summed E-state index contributed by atoms with van der Waals surface area (Å²) in [6, 6.07) is 26.5. The number of benzene rings is 4. The van der Waals surface area contributed by atoms with Gasteiger partial charge in [-0.3, -0.25) is 33.5 Å². The van der Waals surface area contributed by atoms with Gasteiger partial charge < -0.3 is 44.3 Å². The first-order chi connectivity index (χ1) is 47.0. The summed E-state index contributed by atoms with van der Waals surface area (Å²) in [5.41, 5.74) is 7.13. The van der Waals surface area contributed by atoms with Crippen LogP contribution in [-0.2, 0) is 49.3 Å². The molecule has 2 saturated heterocycles. The highest BCUT2D eigenvalue weighted by Crippen LogP contribution is 2.40.